The van der Waals surface area contributed by atoms with E-state index in [1.807, 2.05) is 0 Å². The zero-order valence-electron chi connectivity index (χ0n) is 11.2. The Kier molecular flexibility index (Phi) is 3.62. The molecule has 0 radical (unpaired) electrons. The molecule has 0 atom stereocenters. The second kappa shape index (κ2) is 5.39. The van der Waals surface area contributed by atoms with Gasteiger partial charge in [0.05, 0.1) is 0 Å². The Labute approximate surface area is 118 Å². The molecule has 3 rings (SSSR count). The number of nitrogens with one attached hydrogen (secondary N) is 1. The van der Waals surface area contributed by atoms with Gasteiger partial charge < -0.3 is 5.32 Å². The van der Waals surface area contributed by atoms with Gasteiger partial charge in [-0.15, -0.1) is 10.2 Å². The van der Waals surface area contributed by atoms with E-state index in [-0.39, 0.29) is 5.41 Å². The van der Waals surface area contributed by atoms with Gasteiger partial charge in [0.15, 0.2) is 0 Å². The van der Waals surface area contributed by atoms with Crippen LogP contribution in [-0.4, -0.2) is 16.7 Å². The fourth-order valence-electron chi connectivity index (χ4n) is 2.40. The van der Waals surface area contributed by atoms with E-state index in [9.17, 15) is 0 Å². The highest BCUT2D eigenvalue weighted by Gasteiger charge is 2.48. The normalized spacial score (nSPS) is 16.5. The molecule has 1 aromatic carbocycles. The molecule has 1 aliphatic carbocycles. The quantitative estimate of drug-likeness (QED) is 0.822. The van der Waals surface area contributed by atoms with Gasteiger partial charge in [-0.25, -0.2) is 0 Å². The molecule has 1 saturated carbocycles. The van der Waals surface area contributed by atoms with Crippen molar-refractivity contribution in [3.63, 3.8) is 0 Å². The van der Waals surface area contributed by atoms with Gasteiger partial charge in [-0.05, 0) is 31.4 Å². The van der Waals surface area contributed by atoms with E-state index >= 15 is 0 Å². The maximum Gasteiger partial charge on any atom is 0.131 e. The summed E-state index contributed by atoms with van der Waals surface area (Å²) in [7, 11) is 0. The van der Waals surface area contributed by atoms with Crippen molar-refractivity contribution in [2.45, 2.75) is 38.1 Å². The highest BCUT2D eigenvalue weighted by molar-refractivity contribution is 7.11. The molecule has 0 bridgehead atoms. The SMILES string of the molecule is CCCNCc1nnc(C2(c3ccccc3)CC2)s1. The number of hydrogen-bond acceptors (Lipinski definition) is 4. The number of hydrogen-bond donors (Lipinski definition) is 1. The fraction of sp³-hybridized carbons (Fsp3) is 0.467. The molecule has 0 saturated heterocycles. The molecule has 1 fully saturated rings. The van der Waals surface area contributed by atoms with Crippen LogP contribution in [0.4, 0.5) is 0 Å². The number of rotatable bonds is 6. The molecule has 0 spiro atoms. The molecule has 3 nitrogen and oxygen atoms in total. The van der Waals surface area contributed by atoms with Crippen LogP contribution in [0, 0.1) is 0 Å². The summed E-state index contributed by atoms with van der Waals surface area (Å²) < 4.78 is 0. The number of aromatic nitrogens is 2. The van der Waals surface area contributed by atoms with Crippen LogP contribution in [0.2, 0.25) is 0 Å². The zero-order chi connectivity index (χ0) is 13.1. The van der Waals surface area contributed by atoms with Crippen molar-refractivity contribution >= 4 is 11.3 Å². The molecule has 0 aliphatic heterocycles. The Balaban J connectivity index is 1.76. The highest BCUT2D eigenvalue weighted by atomic mass is 32.1. The molecule has 0 amide bonds. The summed E-state index contributed by atoms with van der Waals surface area (Å²) in [6.45, 7) is 4.06. The van der Waals surface area contributed by atoms with Crippen LogP contribution in [0.1, 0.15) is 41.8 Å². The van der Waals surface area contributed by atoms with Crippen molar-refractivity contribution in [2.24, 2.45) is 0 Å². The Morgan fingerprint density at radius 1 is 1.21 bits per heavy atom. The lowest BCUT2D eigenvalue weighted by Gasteiger charge is -2.11. The Morgan fingerprint density at radius 2 is 2.00 bits per heavy atom. The third-order valence-corrected chi connectivity index (χ3v) is 4.78. The Bertz CT molecular complexity index is 531. The first-order chi connectivity index (χ1) is 9.35. The summed E-state index contributed by atoms with van der Waals surface area (Å²) in [6, 6.07) is 10.7. The first-order valence-corrected chi connectivity index (χ1v) is 7.76. The Morgan fingerprint density at radius 3 is 2.68 bits per heavy atom. The zero-order valence-corrected chi connectivity index (χ0v) is 12.0. The van der Waals surface area contributed by atoms with Gasteiger partial charge in [-0.1, -0.05) is 48.6 Å². The minimum Gasteiger partial charge on any atom is -0.310 e. The summed E-state index contributed by atoms with van der Waals surface area (Å²) in [5.74, 6) is 0. The van der Waals surface area contributed by atoms with Crippen molar-refractivity contribution in [1.29, 1.82) is 0 Å². The van der Waals surface area contributed by atoms with Crippen LogP contribution >= 0.6 is 11.3 Å². The molecule has 1 aromatic heterocycles. The molecule has 1 aliphatic rings. The molecule has 2 aromatic rings. The van der Waals surface area contributed by atoms with Crippen molar-refractivity contribution in [3.8, 4) is 0 Å². The summed E-state index contributed by atoms with van der Waals surface area (Å²) in [6.07, 6.45) is 3.56. The standard InChI is InChI=1S/C15H19N3S/c1-2-10-16-11-13-17-18-14(19-13)15(8-9-15)12-6-4-3-5-7-12/h3-7,16H,2,8-11H2,1H3. The van der Waals surface area contributed by atoms with E-state index in [2.05, 4.69) is 52.8 Å². The van der Waals surface area contributed by atoms with Gasteiger partial charge in [-0.3, -0.25) is 0 Å². The first kappa shape index (κ1) is 12.8. The molecule has 19 heavy (non-hydrogen) atoms. The summed E-state index contributed by atoms with van der Waals surface area (Å²) in [5, 5.41) is 14.4. The van der Waals surface area contributed by atoms with Gasteiger partial charge in [0.25, 0.3) is 0 Å². The van der Waals surface area contributed by atoms with E-state index in [4.69, 9.17) is 0 Å². The Hall–Kier alpha value is -1.26. The van der Waals surface area contributed by atoms with Crippen LogP contribution < -0.4 is 5.32 Å². The van der Waals surface area contributed by atoms with Gasteiger partial charge in [0, 0.05) is 12.0 Å². The smallest absolute Gasteiger partial charge is 0.131 e. The van der Waals surface area contributed by atoms with E-state index in [1.54, 1.807) is 11.3 Å². The number of benzene rings is 1. The number of nitrogens with zero attached hydrogens (tertiary/aromatic N) is 2. The maximum absolute atomic E-state index is 4.43. The monoisotopic (exact) mass is 273 g/mol. The largest absolute Gasteiger partial charge is 0.310 e. The predicted octanol–water partition coefficient (Wildman–Crippen LogP) is 3.12. The summed E-state index contributed by atoms with van der Waals surface area (Å²) >= 11 is 1.76. The van der Waals surface area contributed by atoms with Crippen LogP contribution in [0.15, 0.2) is 30.3 Å². The van der Waals surface area contributed by atoms with E-state index in [0.717, 1.165) is 24.5 Å². The third-order valence-electron chi connectivity index (χ3n) is 3.66. The van der Waals surface area contributed by atoms with Crippen molar-refractivity contribution in [2.75, 3.05) is 6.54 Å². The molecule has 4 heteroatoms. The lowest BCUT2D eigenvalue weighted by molar-refractivity contribution is 0.667. The van der Waals surface area contributed by atoms with Crippen LogP contribution in [0.25, 0.3) is 0 Å². The molecule has 100 valence electrons. The first-order valence-electron chi connectivity index (χ1n) is 6.94. The maximum atomic E-state index is 4.43. The van der Waals surface area contributed by atoms with Crippen LogP contribution in [-0.2, 0) is 12.0 Å². The average Bonchev–Trinajstić information content (AvgIpc) is 3.14. The van der Waals surface area contributed by atoms with E-state index in [1.165, 1.54) is 23.4 Å². The second-order valence-corrected chi connectivity index (χ2v) is 6.19. The van der Waals surface area contributed by atoms with Crippen LogP contribution in [0.5, 0.6) is 0 Å². The fourth-order valence-corrected chi connectivity index (χ4v) is 3.48. The lowest BCUT2D eigenvalue weighted by atomic mass is 9.97. The summed E-state index contributed by atoms with van der Waals surface area (Å²) in [5.41, 5.74) is 1.56. The molecule has 1 heterocycles. The third kappa shape index (κ3) is 2.55. The van der Waals surface area contributed by atoms with Crippen molar-refractivity contribution in [1.82, 2.24) is 15.5 Å². The van der Waals surface area contributed by atoms with E-state index < -0.39 is 0 Å². The van der Waals surface area contributed by atoms with Gasteiger partial charge in [-0.2, -0.15) is 0 Å². The second-order valence-electron chi connectivity index (χ2n) is 5.13. The molecule has 1 N–H and O–H groups in total. The average molecular weight is 273 g/mol. The van der Waals surface area contributed by atoms with Gasteiger partial charge in [0.1, 0.15) is 10.0 Å². The van der Waals surface area contributed by atoms with E-state index in [0.29, 0.717) is 0 Å². The lowest BCUT2D eigenvalue weighted by Crippen LogP contribution is -2.13. The minimum atomic E-state index is 0.169. The minimum absolute atomic E-state index is 0.169. The summed E-state index contributed by atoms with van der Waals surface area (Å²) in [4.78, 5) is 0. The van der Waals surface area contributed by atoms with Crippen LogP contribution in [0.3, 0.4) is 0 Å². The highest BCUT2D eigenvalue weighted by Crippen LogP contribution is 2.54. The molecular formula is C15H19N3S. The predicted molar refractivity (Wildman–Crippen MR) is 78.4 cm³/mol. The van der Waals surface area contributed by atoms with Gasteiger partial charge in [0.2, 0.25) is 0 Å². The van der Waals surface area contributed by atoms with Crippen molar-refractivity contribution in [3.05, 3.63) is 45.9 Å². The van der Waals surface area contributed by atoms with Crippen molar-refractivity contribution < 1.29 is 0 Å². The molecule has 0 unspecified atom stereocenters. The van der Waals surface area contributed by atoms with Gasteiger partial charge >= 0.3 is 0 Å². The molecular weight excluding hydrogens is 254 g/mol. The topological polar surface area (TPSA) is 37.8 Å².